The topological polar surface area (TPSA) is 116 Å². The van der Waals surface area contributed by atoms with Crippen LogP contribution in [-0.4, -0.2) is 36.8 Å². The number of nitro benzene ring substituents is 1. The van der Waals surface area contributed by atoms with Crippen molar-refractivity contribution in [2.45, 2.75) is 11.7 Å². The molecule has 1 aromatic carbocycles. The average Bonchev–Trinajstić information content (AvgIpc) is 3.27. The quantitative estimate of drug-likeness (QED) is 0.361. The van der Waals surface area contributed by atoms with Crippen molar-refractivity contribution in [2.75, 3.05) is 11.1 Å². The number of thiophene rings is 1. The Morgan fingerprint density at radius 1 is 1.42 bits per heavy atom. The number of carbonyl (C=O) groups is 1. The second-order valence-electron chi connectivity index (χ2n) is 4.96. The second kappa shape index (κ2) is 8.25. The lowest BCUT2D eigenvalue weighted by Gasteiger charge is -2.07. The third-order valence-electron chi connectivity index (χ3n) is 3.15. The van der Waals surface area contributed by atoms with Crippen LogP contribution in [0.25, 0.3) is 0 Å². The van der Waals surface area contributed by atoms with Gasteiger partial charge >= 0.3 is 0 Å². The molecule has 26 heavy (non-hydrogen) atoms. The van der Waals surface area contributed by atoms with Gasteiger partial charge in [-0.2, -0.15) is 0 Å². The van der Waals surface area contributed by atoms with Crippen LogP contribution in [0.3, 0.4) is 0 Å². The van der Waals surface area contributed by atoms with E-state index in [0.29, 0.717) is 11.7 Å². The lowest BCUT2D eigenvalue weighted by molar-refractivity contribution is -0.384. The van der Waals surface area contributed by atoms with Gasteiger partial charge < -0.3 is 5.32 Å². The van der Waals surface area contributed by atoms with Gasteiger partial charge in [0.25, 0.3) is 5.69 Å². The van der Waals surface area contributed by atoms with E-state index in [0.717, 1.165) is 16.6 Å². The van der Waals surface area contributed by atoms with E-state index in [2.05, 4.69) is 20.8 Å². The fourth-order valence-electron chi connectivity index (χ4n) is 1.99. The number of thioether (sulfide) groups is 1. The molecule has 0 spiro atoms. The number of hydrogen-bond donors (Lipinski definition) is 1. The number of carbonyl (C=O) groups excluding carboxylic acids is 1. The molecule has 0 radical (unpaired) electrons. The van der Waals surface area contributed by atoms with Crippen LogP contribution in [0.1, 0.15) is 4.88 Å². The number of nitrogens with zero attached hydrogens (tertiary/aromatic N) is 5. The first kappa shape index (κ1) is 18.3. The normalized spacial score (nSPS) is 10.7. The van der Waals surface area contributed by atoms with Gasteiger partial charge in [0.2, 0.25) is 11.1 Å². The third-order valence-corrected chi connectivity index (χ3v) is 5.30. The third kappa shape index (κ3) is 4.56. The van der Waals surface area contributed by atoms with Gasteiger partial charge in [-0.3, -0.25) is 14.9 Å². The Morgan fingerprint density at radius 2 is 2.27 bits per heavy atom. The Morgan fingerprint density at radius 3 is 3.00 bits per heavy atom. The Labute approximate surface area is 160 Å². The molecule has 3 aromatic rings. The summed E-state index contributed by atoms with van der Waals surface area (Å²) in [4.78, 5) is 23.5. The van der Waals surface area contributed by atoms with Gasteiger partial charge in [0.15, 0.2) is 0 Å². The van der Waals surface area contributed by atoms with E-state index in [1.165, 1.54) is 18.2 Å². The molecule has 0 aliphatic carbocycles. The summed E-state index contributed by atoms with van der Waals surface area (Å²) in [6.07, 6.45) is 0. The van der Waals surface area contributed by atoms with Crippen LogP contribution in [0.15, 0.2) is 40.9 Å². The lowest BCUT2D eigenvalue weighted by atomic mass is 10.3. The Hall–Kier alpha value is -2.50. The molecule has 0 unspecified atom stereocenters. The summed E-state index contributed by atoms with van der Waals surface area (Å²) in [5.41, 5.74) is 0.0295. The van der Waals surface area contributed by atoms with E-state index < -0.39 is 4.92 Å². The molecule has 0 aliphatic heterocycles. The molecule has 12 heteroatoms. The molecular formula is C14H11ClN6O3S2. The minimum absolute atomic E-state index is 0.0316. The van der Waals surface area contributed by atoms with Gasteiger partial charge in [-0.15, -0.1) is 16.4 Å². The number of nitrogens with one attached hydrogen (secondary N) is 1. The van der Waals surface area contributed by atoms with Gasteiger partial charge in [-0.05, 0) is 27.9 Å². The van der Waals surface area contributed by atoms with Crippen molar-refractivity contribution >= 4 is 52.0 Å². The maximum absolute atomic E-state index is 12.1. The Bertz CT molecular complexity index is 931. The van der Waals surface area contributed by atoms with E-state index >= 15 is 0 Å². The first-order valence-corrected chi connectivity index (χ1v) is 9.42. The average molecular weight is 411 g/mol. The molecule has 2 heterocycles. The molecule has 2 aromatic heterocycles. The molecule has 1 amide bonds. The van der Waals surface area contributed by atoms with Crippen molar-refractivity contribution in [1.82, 2.24) is 20.2 Å². The van der Waals surface area contributed by atoms with Crippen LogP contribution in [0, 0.1) is 10.1 Å². The number of nitro groups is 1. The molecule has 0 saturated heterocycles. The van der Waals surface area contributed by atoms with Gasteiger partial charge in [0.05, 0.1) is 27.9 Å². The predicted molar refractivity (Wildman–Crippen MR) is 98.7 cm³/mol. The highest BCUT2D eigenvalue weighted by atomic mass is 35.5. The Balaban J connectivity index is 1.61. The molecule has 3 rings (SSSR count). The van der Waals surface area contributed by atoms with Crippen molar-refractivity contribution in [2.24, 2.45) is 0 Å². The van der Waals surface area contributed by atoms with Crippen molar-refractivity contribution in [3.63, 3.8) is 0 Å². The largest absolute Gasteiger partial charge is 0.324 e. The summed E-state index contributed by atoms with van der Waals surface area (Å²) in [6, 6.07) is 7.76. The minimum atomic E-state index is -0.556. The van der Waals surface area contributed by atoms with Crippen molar-refractivity contribution < 1.29 is 9.72 Å². The fourth-order valence-corrected chi connectivity index (χ4v) is 3.52. The zero-order chi connectivity index (χ0) is 18.5. The second-order valence-corrected chi connectivity index (χ2v) is 7.34. The fraction of sp³-hybridized carbons (Fsp3) is 0.143. The number of aromatic nitrogens is 4. The van der Waals surface area contributed by atoms with Gasteiger partial charge in [0, 0.05) is 17.0 Å². The summed E-state index contributed by atoms with van der Waals surface area (Å²) in [5, 5.41) is 27.5. The smallest absolute Gasteiger partial charge is 0.271 e. The van der Waals surface area contributed by atoms with E-state index in [-0.39, 0.29) is 28.1 Å². The van der Waals surface area contributed by atoms with Gasteiger partial charge in [-0.1, -0.05) is 29.4 Å². The summed E-state index contributed by atoms with van der Waals surface area (Å²) in [6.45, 7) is 0.519. The maximum atomic E-state index is 12.1. The SMILES string of the molecule is O=C(CSc1nnnn1Cc1cccs1)Nc1cc([N+](=O)[O-])ccc1Cl. The highest BCUT2D eigenvalue weighted by Crippen LogP contribution is 2.27. The highest BCUT2D eigenvalue weighted by Gasteiger charge is 2.14. The molecule has 0 bridgehead atoms. The zero-order valence-corrected chi connectivity index (χ0v) is 15.4. The summed E-state index contributed by atoms with van der Waals surface area (Å²) < 4.78 is 1.60. The first-order chi connectivity index (χ1) is 12.5. The molecule has 1 N–H and O–H groups in total. The van der Waals surface area contributed by atoms with Crippen LogP contribution in [0.2, 0.25) is 5.02 Å². The molecule has 9 nitrogen and oxygen atoms in total. The van der Waals surface area contributed by atoms with Crippen LogP contribution < -0.4 is 5.32 Å². The van der Waals surface area contributed by atoms with Crippen LogP contribution in [0.4, 0.5) is 11.4 Å². The van der Waals surface area contributed by atoms with Crippen LogP contribution in [-0.2, 0) is 11.3 Å². The molecule has 0 aliphatic rings. The van der Waals surface area contributed by atoms with Crippen LogP contribution >= 0.6 is 34.7 Å². The van der Waals surface area contributed by atoms with E-state index in [1.54, 1.807) is 16.0 Å². The van der Waals surface area contributed by atoms with Crippen molar-refractivity contribution in [3.8, 4) is 0 Å². The highest BCUT2D eigenvalue weighted by molar-refractivity contribution is 7.99. The molecule has 0 atom stereocenters. The first-order valence-electron chi connectivity index (χ1n) is 7.18. The molecular weight excluding hydrogens is 400 g/mol. The number of amides is 1. The predicted octanol–water partition coefficient (Wildman–Crippen LogP) is 3.08. The van der Waals surface area contributed by atoms with Crippen molar-refractivity contribution in [3.05, 3.63) is 55.7 Å². The van der Waals surface area contributed by atoms with E-state index in [9.17, 15) is 14.9 Å². The number of halogens is 1. The monoisotopic (exact) mass is 410 g/mol. The van der Waals surface area contributed by atoms with Crippen LogP contribution in [0.5, 0.6) is 0 Å². The van der Waals surface area contributed by atoms with Crippen molar-refractivity contribution in [1.29, 1.82) is 0 Å². The number of tetrazole rings is 1. The molecule has 134 valence electrons. The van der Waals surface area contributed by atoms with E-state index in [4.69, 9.17) is 11.6 Å². The Kier molecular flexibility index (Phi) is 5.81. The number of non-ortho nitro benzene ring substituents is 1. The van der Waals surface area contributed by atoms with Gasteiger partial charge in [0.1, 0.15) is 0 Å². The zero-order valence-electron chi connectivity index (χ0n) is 13.0. The summed E-state index contributed by atoms with van der Waals surface area (Å²) in [5.74, 6) is -0.341. The number of benzene rings is 1. The maximum Gasteiger partial charge on any atom is 0.271 e. The minimum Gasteiger partial charge on any atom is -0.324 e. The number of rotatable bonds is 7. The number of hydrogen-bond acceptors (Lipinski definition) is 8. The lowest BCUT2D eigenvalue weighted by Crippen LogP contribution is -2.15. The molecule has 0 saturated carbocycles. The van der Waals surface area contributed by atoms with E-state index in [1.807, 2.05) is 17.5 Å². The molecule has 0 fully saturated rings. The summed E-state index contributed by atoms with van der Waals surface area (Å²) >= 11 is 8.72. The standard InChI is InChI=1S/C14H11ClN6O3S2/c15-11-4-3-9(21(23)24)6-12(11)16-13(22)8-26-14-17-18-19-20(14)7-10-2-1-5-25-10/h1-6H,7-8H2,(H,16,22). The summed E-state index contributed by atoms with van der Waals surface area (Å²) in [7, 11) is 0. The van der Waals surface area contributed by atoms with Gasteiger partial charge in [-0.25, -0.2) is 4.68 Å². The number of anilines is 1.